The summed E-state index contributed by atoms with van der Waals surface area (Å²) in [5, 5.41) is 10.6. The SMILES string of the molecule is OC(c1nccn1CC1CCOCC1)C1CCCCC1. The van der Waals surface area contributed by atoms with Crippen molar-refractivity contribution in [2.75, 3.05) is 13.2 Å². The Kier molecular flexibility index (Phi) is 4.73. The molecular weight excluding hydrogens is 252 g/mol. The number of imidazole rings is 1. The van der Waals surface area contributed by atoms with E-state index in [1.807, 2.05) is 12.4 Å². The van der Waals surface area contributed by atoms with Gasteiger partial charge < -0.3 is 14.4 Å². The third-order valence-corrected chi connectivity index (χ3v) is 4.90. The van der Waals surface area contributed by atoms with Crippen LogP contribution in [0.25, 0.3) is 0 Å². The number of nitrogens with zero attached hydrogens (tertiary/aromatic N) is 2. The maximum atomic E-state index is 10.6. The van der Waals surface area contributed by atoms with Gasteiger partial charge in [0.05, 0.1) is 0 Å². The lowest BCUT2D eigenvalue weighted by Gasteiger charge is -2.28. The number of rotatable bonds is 4. The summed E-state index contributed by atoms with van der Waals surface area (Å²) in [5.41, 5.74) is 0. The largest absolute Gasteiger partial charge is 0.385 e. The van der Waals surface area contributed by atoms with Crippen LogP contribution < -0.4 is 0 Å². The van der Waals surface area contributed by atoms with Gasteiger partial charge >= 0.3 is 0 Å². The molecule has 0 amide bonds. The van der Waals surface area contributed by atoms with Crippen molar-refractivity contribution in [1.29, 1.82) is 0 Å². The first kappa shape index (κ1) is 14.1. The molecule has 1 aliphatic heterocycles. The first-order valence-corrected chi connectivity index (χ1v) is 8.11. The van der Waals surface area contributed by atoms with E-state index in [4.69, 9.17) is 4.74 Å². The lowest BCUT2D eigenvalue weighted by Crippen LogP contribution is -2.24. The van der Waals surface area contributed by atoms with Crippen molar-refractivity contribution >= 4 is 0 Å². The Labute approximate surface area is 121 Å². The van der Waals surface area contributed by atoms with E-state index in [1.165, 1.54) is 19.3 Å². The zero-order chi connectivity index (χ0) is 13.8. The molecule has 1 atom stereocenters. The van der Waals surface area contributed by atoms with Gasteiger partial charge in [-0.1, -0.05) is 19.3 Å². The minimum atomic E-state index is -0.384. The van der Waals surface area contributed by atoms with Gasteiger partial charge in [-0.15, -0.1) is 0 Å². The summed E-state index contributed by atoms with van der Waals surface area (Å²) in [5.74, 6) is 1.94. The minimum Gasteiger partial charge on any atom is -0.385 e. The van der Waals surface area contributed by atoms with Gasteiger partial charge in [-0.05, 0) is 37.5 Å². The topological polar surface area (TPSA) is 47.3 Å². The highest BCUT2D eigenvalue weighted by Gasteiger charge is 2.27. The van der Waals surface area contributed by atoms with Gasteiger partial charge in [-0.3, -0.25) is 0 Å². The normalized spacial score (nSPS) is 23.9. The number of hydrogen-bond donors (Lipinski definition) is 1. The van der Waals surface area contributed by atoms with Crippen molar-refractivity contribution in [2.24, 2.45) is 11.8 Å². The van der Waals surface area contributed by atoms with Crippen LogP contribution in [0, 0.1) is 11.8 Å². The van der Waals surface area contributed by atoms with E-state index < -0.39 is 0 Å². The van der Waals surface area contributed by atoms with E-state index >= 15 is 0 Å². The van der Waals surface area contributed by atoms with Crippen LogP contribution in [0.15, 0.2) is 12.4 Å². The van der Waals surface area contributed by atoms with Crippen molar-refractivity contribution in [2.45, 2.75) is 57.6 Å². The Hall–Kier alpha value is -0.870. The van der Waals surface area contributed by atoms with Crippen molar-refractivity contribution in [3.8, 4) is 0 Å². The standard InChI is InChI=1S/C16H26N2O2/c19-15(14-4-2-1-3-5-14)16-17-8-9-18(16)12-13-6-10-20-11-7-13/h8-9,13-15,19H,1-7,10-12H2. The Morgan fingerprint density at radius 1 is 1.20 bits per heavy atom. The van der Waals surface area contributed by atoms with Gasteiger partial charge in [0.15, 0.2) is 0 Å². The van der Waals surface area contributed by atoms with Crippen molar-refractivity contribution in [1.82, 2.24) is 9.55 Å². The zero-order valence-electron chi connectivity index (χ0n) is 12.2. The Morgan fingerprint density at radius 3 is 2.70 bits per heavy atom. The second-order valence-corrected chi connectivity index (χ2v) is 6.34. The monoisotopic (exact) mass is 278 g/mol. The molecule has 2 aliphatic rings. The Morgan fingerprint density at radius 2 is 1.95 bits per heavy atom. The van der Waals surface area contributed by atoms with Crippen molar-refractivity contribution in [3.63, 3.8) is 0 Å². The van der Waals surface area contributed by atoms with Crippen LogP contribution in [0.3, 0.4) is 0 Å². The molecule has 112 valence electrons. The molecule has 1 saturated carbocycles. The highest BCUT2D eigenvalue weighted by Crippen LogP contribution is 2.34. The molecule has 0 bridgehead atoms. The molecule has 1 unspecified atom stereocenters. The molecule has 1 aliphatic carbocycles. The molecule has 1 saturated heterocycles. The Balaban J connectivity index is 1.65. The van der Waals surface area contributed by atoms with E-state index in [-0.39, 0.29) is 6.10 Å². The molecular formula is C16H26N2O2. The highest BCUT2D eigenvalue weighted by atomic mass is 16.5. The van der Waals surface area contributed by atoms with Gasteiger partial charge in [-0.25, -0.2) is 4.98 Å². The predicted octanol–water partition coefficient (Wildman–Crippen LogP) is 2.92. The van der Waals surface area contributed by atoms with E-state index in [0.29, 0.717) is 11.8 Å². The molecule has 0 radical (unpaired) electrons. The fourth-order valence-electron chi connectivity index (χ4n) is 3.61. The number of aromatic nitrogens is 2. The van der Waals surface area contributed by atoms with Crippen LogP contribution in [0.4, 0.5) is 0 Å². The van der Waals surface area contributed by atoms with E-state index in [2.05, 4.69) is 9.55 Å². The maximum absolute atomic E-state index is 10.6. The van der Waals surface area contributed by atoms with Crippen molar-refractivity contribution < 1.29 is 9.84 Å². The third-order valence-electron chi connectivity index (χ3n) is 4.90. The van der Waals surface area contributed by atoms with E-state index in [0.717, 1.165) is 51.3 Å². The third kappa shape index (κ3) is 3.23. The van der Waals surface area contributed by atoms with E-state index in [1.54, 1.807) is 0 Å². The highest BCUT2D eigenvalue weighted by molar-refractivity contribution is 4.99. The smallest absolute Gasteiger partial charge is 0.137 e. The maximum Gasteiger partial charge on any atom is 0.137 e. The molecule has 1 aromatic rings. The summed E-state index contributed by atoms with van der Waals surface area (Å²) in [7, 11) is 0. The average Bonchev–Trinajstić information content (AvgIpc) is 2.96. The van der Waals surface area contributed by atoms with E-state index in [9.17, 15) is 5.11 Å². The van der Waals surface area contributed by atoms with Gasteiger partial charge in [0.1, 0.15) is 11.9 Å². The van der Waals surface area contributed by atoms with Crippen LogP contribution in [0.5, 0.6) is 0 Å². The van der Waals surface area contributed by atoms with Gasteiger partial charge in [-0.2, -0.15) is 0 Å². The number of aliphatic hydroxyl groups excluding tert-OH is 1. The molecule has 20 heavy (non-hydrogen) atoms. The lowest BCUT2D eigenvalue weighted by molar-refractivity contribution is 0.0548. The van der Waals surface area contributed by atoms with Crippen LogP contribution in [0.2, 0.25) is 0 Å². The molecule has 1 aromatic heterocycles. The van der Waals surface area contributed by atoms with Crippen LogP contribution in [0.1, 0.15) is 56.9 Å². The van der Waals surface area contributed by atoms with Gasteiger partial charge in [0.2, 0.25) is 0 Å². The fraction of sp³-hybridized carbons (Fsp3) is 0.812. The summed E-state index contributed by atoms with van der Waals surface area (Å²) in [4.78, 5) is 4.44. The van der Waals surface area contributed by atoms with Gasteiger partial charge in [0.25, 0.3) is 0 Å². The number of aliphatic hydroxyl groups is 1. The van der Waals surface area contributed by atoms with Crippen LogP contribution in [-0.4, -0.2) is 27.9 Å². The molecule has 2 heterocycles. The Bertz CT molecular complexity index is 406. The molecule has 4 nitrogen and oxygen atoms in total. The first-order valence-electron chi connectivity index (χ1n) is 8.11. The average molecular weight is 278 g/mol. The number of hydrogen-bond acceptors (Lipinski definition) is 3. The quantitative estimate of drug-likeness (QED) is 0.921. The van der Waals surface area contributed by atoms with Crippen molar-refractivity contribution in [3.05, 3.63) is 18.2 Å². The molecule has 3 rings (SSSR count). The molecule has 2 fully saturated rings. The zero-order valence-corrected chi connectivity index (χ0v) is 12.2. The second kappa shape index (κ2) is 6.72. The summed E-state index contributed by atoms with van der Waals surface area (Å²) in [6.45, 7) is 2.72. The summed E-state index contributed by atoms with van der Waals surface area (Å²) < 4.78 is 7.59. The molecule has 0 aromatic carbocycles. The van der Waals surface area contributed by atoms with Crippen LogP contribution >= 0.6 is 0 Å². The predicted molar refractivity (Wildman–Crippen MR) is 77.3 cm³/mol. The van der Waals surface area contributed by atoms with Crippen LogP contribution in [-0.2, 0) is 11.3 Å². The second-order valence-electron chi connectivity index (χ2n) is 6.34. The number of ether oxygens (including phenoxy) is 1. The molecule has 1 N–H and O–H groups in total. The van der Waals surface area contributed by atoms with Gasteiger partial charge in [0, 0.05) is 32.2 Å². The lowest BCUT2D eigenvalue weighted by atomic mass is 9.85. The minimum absolute atomic E-state index is 0.384. The summed E-state index contributed by atoms with van der Waals surface area (Å²) >= 11 is 0. The molecule has 4 heteroatoms. The first-order chi connectivity index (χ1) is 9.84. The summed E-state index contributed by atoms with van der Waals surface area (Å²) in [6.07, 6.45) is 11.8. The summed E-state index contributed by atoms with van der Waals surface area (Å²) in [6, 6.07) is 0. The molecule has 0 spiro atoms. The fourth-order valence-corrected chi connectivity index (χ4v) is 3.61.